The van der Waals surface area contributed by atoms with Crippen LogP contribution in [0, 0.1) is 5.92 Å². The summed E-state index contributed by atoms with van der Waals surface area (Å²) in [6.07, 6.45) is 1.71. The van der Waals surface area contributed by atoms with Crippen molar-refractivity contribution in [2.75, 3.05) is 13.1 Å². The first-order valence-corrected chi connectivity index (χ1v) is 7.96. The molecular weight excluding hydrogens is 281 g/mol. The molecule has 1 amide bonds. The summed E-state index contributed by atoms with van der Waals surface area (Å²) in [7, 11) is 0. The molecule has 0 aromatic rings. The van der Waals surface area contributed by atoms with E-state index >= 15 is 0 Å². The van der Waals surface area contributed by atoms with Gasteiger partial charge >= 0.3 is 6.18 Å². The third kappa shape index (κ3) is 5.49. The first kappa shape index (κ1) is 16.6. The number of nitrogens with one attached hydrogen (secondary N) is 1. The summed E-state index contributed by atoms with van der Waals surface area (Å²) in [6.45, 7) is 1.59. The summed E-state index contributed by atoms with van der Waals surface area (Å²) >= 11 is 0. The lowest BCUT2D eigenvalue weighted by Crippen LogP contribution is -2.46. The van der Waals surface area contributed by atoms with Crippen LogP contribution in [0.1, 0.15) is 51.9 Å². The highest BCUT2D eigenvalue weighted by molar-refractivity contribution is 5.76. The molecule has 2 aliphatic rings. The number of halogens is 3. The van der Waals surface area contributed by atoms with Gasteiger partial charge in [-0.05, 0) is 51.5 Å². The predicted octanol–water partition coefficient (Wildman–Crippen LogP) is 3.10. The maximum Gasteiger partial charge on any atom is 0.406 e. The number of piperidine rings is 1. The van der Waals surface area contributed by atoms with Crippen LogP contribution in [0.4, 0.5) is 13.2 Å². The van der Waals surface area contributed by atoms with Crippen LogP contribution in [0.25, 0.3) is 0 Å². The van der Waals surface area contributed by atoms with Crippen molar-refractivity contribution in [3.05, 3.63) is 0 Å². The first-order chi connectivity index (χ1) is 9.87. The van der Waals surface area contributed by atoms with Gasteiger partial charge in [0.1, 0.15) is 6.54 Å². The SMILES string of the molecule is CC(C1CC1)N(CC(F)(F)F)C(=O)CCC1CCCCN1. The number of hydrogen-bond acceptors (Lipinski definition) is 2. The third-order valence-corrected chi connectivity index (χ3v) is 4.58. The molecule has 2 rings (SSSR count). The summed E-state index contributed by atoms with van der Waals surface area (Å²) in [5, 5.41) is 3.33. The van der Waals surface area contributed by atoms with Crippen LogP contribution >= 0.6 is 0 Å². The Balaban J connectivity index is 1.86. The monoisotopic (exact) mass is 306 g/mol. The van der Waals surface area contributed by atoms with Crippen molar-refractivity contribution in [2.24, 2.45) is 5.92 Å². The van der Waals surface area contributed by atoms with Crippen LogP contribution in [0.5, 0.6) is 0 Å². The Bertz CT molecular complexity index is 349. The smallest absolute Gasteiger partial charge is 0.331 e. The number of carbonyl (C=O) groups excluding carboxylic acids is 1. The highest BCUT2D eigenvalue weighted by Crippen LogP contribution is 2.36. The van der Waals surface area contributed by atoms with Gasteiger partial charge in [0.05, 0.1) is 0 Å². The van der Waals surface area contributed by atoms with Gasteiger partial charge in [0.15, 0.2) is 0 Å². The van der Waals surface area contributed by atoms with E-state index in [9.17, 15) is 18.0 Å². The van der Waals surface area contributed by atoms with Gasteiger partial charge in [-0.15, -0.1) is 0 Å². The lowest BCUT2D eigenvalue weighted by molar-refractivity contribution is -0.166. The van der Waals surface area contributed by atoms with Gasteiger partial charge in [-0.2, -0.15) is 13.2 Å². The van der Waals surface area contributed by atoms with E-state index in [1.54, 1.807) is 6.92 Å². The second kappa shape index (κ2) is 6.99. The highest BCUT2D eigenvalue weighted by atomic mass is 19.4. The van der Waals surface area contributed by atoms with E-state index in [0.717, 1.165) is 43.5 Å². The van der Waals surface area contributed by atoms with Crippen molar-refractivity contribution in [3.8, 4) is 0 Å². The molecule has 2 fully saturated rings. The second-order valence-corrected chi connectivity index (χ2v) is 6.40. The maximum absolute atomic E-state index is 12.7. The van der Waals surface area contributed by atoms with E-state index in [0.29, 0.717) is 6.42 Å². The zero-order valence-corrected chi connectivity index (χ0v) is 12.6. The number of rotatable bonds is 6. The quantitative estimate of drug-likeness (QED) is 0.818. The zero-order valence-electron chi connectivity index (χ0n) is 12.6. The van der Waals surface area contributed by atoms with E-state index in [-0.39, 0.29) is 30.3 Å². The number of hydrogen-bond donors (Lipinski definition) is 1. The minimum Gasteiger partial charge on any atom is -0.331 e. The third-order valence-electron chi connectivity index (χ3n) is 4.58. The van der Waals surface area contributed by atoms with Gasteiger partial charge in [-0.25, -0.2) is 0 Å². The van der Waals surface area contributed by atoms with Crippen molar-refractivity contribution in [1.29, 1.82) is 0 Å². The Kier molecular flexibility index (Phi) is 5.52. The van der Waals surface area contributed by atoms with Gasteiger partial charge in [0.2, 0.25) is 5.91 Å². The summed E-state index contributed by atoms with van der Waals surface area (Å²) < 4.78 is 38.1. The van der Waals surface area contributed by atoms with Crippen LogP contribution in [0.3, 0.4) is 0 Å². The predicted molar refractivity (Wildman–Crippen MR) is 74.8 cm³/mol. The summed E-state index contributed by atoms with van der Waals surface area (Å²) in [6, 6.07) is -0.00916. The van der Waals surface area contributed by atoms with Gasteiger partial charge in [-0.1, -0.05) is 6.42 Å². The molecule has 1 heterocycles. The lowest BCUT2D eigenvalue weighted by Gasteiger charge is -2.31. The van der Waals surface area contributed by atoms with E-state index in [2.05, 4.69) is 5.32 Å². The number of alkyl halides is 3. The summed E-state index contributed by atoms with van der Waals surface area (Å²) in [4.78, 5) is 13.3. The lowest BCUT2D eigenvalue weighted by atomic mass is 10.00. The Morgan fingerprint density at radius 3 is 2.52 bits per heavy atom. The average Bonchev–Trinajstić information content (AvgIpc) is 3.26. The van der Waals surface area contributed by atoms with Gasteiger partial charge < -0.3 is 10.2 Å². The van der Waals surface area contributed by atoms with Gasteiger partial charge in [0, 0.05) is 18.5 Å². The molecule has 0 aromatic carbocycles. The molecule has 0 spiro atoms. The Hall–Kier alpha value is -0.780. The summed E-state index contributed by atoms with van der Waals surface area (Å²) in [5.41, 5.74) is 0. The maximum atomic E-state index is 12.7. The fraction of sp³-hybridized carbons (Fsp3) is 0.933. The number of nitrogens with zero attached hydrogens (tertiary/aromatic N) is 1. The molecule has 1 N–H and O–H groups in total. The minimum absolute atomic E-state index is 0.213. The molecule has 0 radical (unpaired) electrons. The fourth-order valence-electron chi connectivity index (χ4n) is 3.10. The Morgan fingerprint density at radius 2 is 2.00 bits per heavy atom. The molecule has 21 heavy (non-hydrogen) atoms. The molecule has 6 heteroatoms. The number of amides is 1. The molecule has 3 nitrogen and oxygen atoms in total. The normalized spacial score (nSPS) is 24.7. The molecule has 2 unspecified atom stereocenters. The number of carbonyl (C=O) groups is 1. The van der Waals surface area contributed by atoms with E-state index in [1.807, 2.05) is 0 Å². The van der Waals surface area contributed by atoms with Crippen LogP contribution in [0.15, 0.2) is 0 Å². The fourth-order valence-corrected chi connectivity index (χ4v) is 3.10. The van der Waals surface area contributed by atoms with E-state index in [1.165, 1.54) is 0 Å². The molecule has 1 aliphatic heterocycles. The average molecular weight is 306 g/mol. The van der Waals surface area contributed by atoms with Crippen molar-refractivity contribution in [2.45, 2.75) is 70.1 Å². The van der Waals surface area contributed by atoms with Gasteiger partial charge in [0.25, 0.3) is 0 Å². The van der Waals surface area contributed by atoms with Crippen molar-refractivity contribution in [3.63, 3.8) is 0 Å². The molecule has 0 bridgehead atoms. The van der Waals surface area contributed by atoms with Crippen molar-refractivity contribution < 1.29 is 18.0 Å². The standard InChI is InChI=1S/C15H25F3N2O/c1-11(12-5-6-12)20(10-15(16,17)18)14(21)8-7-13-4-2-3-9-19-13/h11-13,19H,2-10H2,1H3. The highest BCUT2D eigenvalue weighted by Gasteiger charge is 2.40. The van der Waals surface area contributed by atoms with Crippen LogP contribution in [-0.4, -0.2) is 42.2 Å². The molecule has 1 saturated heterocycles. The summed E-state index contributed by atoms with van der Waals surface area (Å²) in [5.74, 6) is -0.0943. The molecule has 122 valence electrons. The van der Waals surface area contributed by atoms with Crippen molar-refractivity contribution in [1.82, 2.24) is 10.2 Å². The van der Waals surface area contributed by atoms with Crippen LogP contribution in [0.2, 0.25) is 0 Å². The van der Waals surface area contributed by atoms with E-state index < -0.39 is 12.7 Å². The van der Waals surface area contributed by atoms with E-state index in [4.69, 9.17) is 0 Å². The second-order valence-electron chi connectivity index (χ2n) is 6.40. The molecule has 2 atom stereocenters. The largest absolute Gasteiger partial charge is 0.406 e. The zero-order chi connectivity index (χ0) is 15.5. The van der Waals surface area contributed by atoms with Crippen LogP contribution in [-0.2, 0) is 4.79 Å². The first-order valence-electron chi connectivity index (χ1n) is 7.96. The van der Waals surface area contributed by atoms with Crippen LogP contribution < -0.4 is 5.32 Å². The molecule has 1 aliphatic carbocycles. The topological polar surface area (TPSA) is 32.3 Å². The molecular formula is C15H25F3N2O. The molecule has 0 aromatic heterocycles. The Labute approximate surface area is 124 Å². The molecule has 1 saturated carbocycles. The minimum atomic E-state index is -4.32. The van der Waals surface area contributed by atoms with Crippen molar-refractivity contribution >= 4 is 5.91 Å². The van der Waals surface area contributed by atoms with Gasteiger partial charge in [-0.3, -0.25) is 4.79 Å². The Morgan fingerprint density at radius 1 is 1.29 bits per heavy atom.